The number of nitrogens with one attached hydrogen (secondary N) is 1. The van der Waals surface area contributed by atoms with Crippen LogP contribution in [0, 0.1) is 5.92 Å². The molecule has 0 aromatic heterocycles. The first-order valence-electron chi connectivity index (χ1n) is 8.24. The molecule has 7 heteroatoms. The monoisotopic (exact) mass is 340 g/mol. The van der Waals surface area contributed by atoms with Gasteiger partial charge in [0.25, 0.3) is 0 Å². The van der Waals surface area contributed by atoms with Crippen LogP contribution in [0.1, 0.15) is 37.2 Å². The number of alkyl halides is 2. The van der Waals surface area contributed by atoms with Crippen molar-refractivity contribution in [2.24, 2.45) is 11.7 Å². The van der Waals surface area contributed by atoms with Crippen LogP contribution in [0.5, 0.6) is 11.5 Å². The maximum Gasteiger partial charge on any atom is 0.387 e. The second-order valence-corrected chi connectivity index (χ2v) is 6.55. The molecule has 1 amide bonds. The zero-order valence-corrected chi connectivity index (χ0v) is 13.3. The minimum Gasteiger partial charge on any atom is -0.489 e. The van der Waals surface area contributed by atoms with Crippen LogP contribution in [0.2, 0.25) is 0 Å². The molecule has 1 aromatic carbocycles. The topological polar surface area (TPSA) is 73.6 Å². The third-order valence-electron chi connectivity index (χ3n) is 4.50. The van der Waals surface area contributed by atoms with Gasteiger partial charge in [0.05, 0.1) is 6.61 Å². The van der Waals surface area contributed by atoms with Gasteiger partial charge in [0.2, 0.25) is 5.91 Å². The highest BCUT2D eigenvalue weighted by Gasteiger charge is 2.28. The van der Waals surface area contributed by atoms with Crippen molar-refractivity contribution in [2.75, 3.05) is 13.2 Å². The van der Waals surface area contributed by atoms with Gasteiger partial charge in [0, 0.05) is 19.0 Å². The Labute approximate surface area is 139 Å². The van der Waals surface area contributed by atoms with E-state index in [9.17, 15) is 13.6 Å². The molecule has 5 nitrogen and oxygen atoms in total. The van der Waals surface area contributed by atoms with Crippen LogP contribution in [-0.4, -0.2) is 31.7 Å². The minimum atomic E-state index is -2.88. The smallest absolute Gasteiger partial charge is 0.387 e. The first kappa shape index (κ1) is 17.0. The molecule has 132 valence electrons. The van der Waals surface area contributed by atoms with Gasteiger partial charge < -0.3 is 20.5 Å². The Morgan fingerprint density at radius 3 is 2.79 bits per heavy atom. The van der Waals surface area contributed by atoms with Crippen molar-refractivity contribution in [3.8, 4) is 11.5 Å². The summed E-state index contributed by atoms with van der Waals surface area (Å²) in [5.74, 6) is 0.800. The van der Waals surface area contributed by atoms with Crippen molar-refractivity contribution in [1.82, 2.24) is 5.32 Å². The Hall–Kier alpha value is -1.89. The van der Waals surface area contributed by atoms with E-state index in [0.717, 1.165) is 31.4 Å². The molecular formula is C17H22F2N2O3. The second kappa shape index (κ2) is 7.34. The number of hydrogen-bond acceptors (Lipinski definition) is 4. The number of halogens is 2. The van der Waals surface area contributed by atoms with Crippen LogP contribution in [0.15, 0.2) is 18.2 Å². The fraction of sp³-hybridized carbons (Fsp3) is 0.588. The van der Waals surface area contributed by atoms with Crippen LogP contribution in [-0.2, 0) is 4.79 Å². The van der Waals surface area contributed by atoms with Crippen molar-refractivity contribution < 1.29 is 23.0 Å². The molecule has 1 heterocycles. The fourth-order valence-electron chi connectivity index (χ4n) is 3.05. The van der Waals surface area contributed by atoms with Gasteiger partial charge in [-0.15, -0.1) is 0 Å². The van der Waals surface area contributed by atoms with E-state index in [4.69, 9.17) is 10.5 Å². The molecule has 1 aliphatic carbocycles. The van der Waals surface area contributed by atoms with Gasteiger partial charge in [0.15, 0.2) is 11.5 Å². The molecule has 3 N–H and O–H groups in total. The molecule has 0 radical (unpaired) electrons. The second-order valence-electron chi connectivity index (χ2n) is 6.55. The molecule has 2 fully saturated rings. The largest absolute Gasteiger partial charge is 0.489 e. The van der Waals surface area contributed by atoms with Gasteiger partial charge >= 0.3 is 6.61 Å². The van der Waals surface area contributed by atoms with Crippen LogP contribution in [0.25, 0.3) is 0 Å². The number of rotatable bonds is 8. The molecular weight excluding hydrogens is 318 g/mol. The van der Waals surface area contributed by atoms with Crippen LogP contribution < -0.4 is 20.5 Å². The molecule has 3 rings (SSSR count). The lowest BCUT2D eigenvalue weighted by Gasteiger charge is -2.16. The first-order chi connectivity index (χ1) is 11.5. The fourth-order valence-corrected chi connectivity index (χ4v) is 3.05. The summed E-state index contributed by atoms with van der Waals surface area (Å²) in [5, 5.41) is 3.27. The lowest BCUT2D eigenvalue weighted by molar-refractivity contribution is -0.118. The lowest BCUT2D eigenvalue weighted by atomic mass is 9.95. The Morgan fingerprint density at radius 2 is 2.12 bits per heavy atom. The molecule has 0 bridgehead atoms. The van der Waals surface area contributed by atoms with Crippen molar-refractivity contribution in [3.63, 3.8) is 0 Å². The van der Waals surface area contributed by atoms with Crippen molar-refractivity contribution >= 4 is 5.91 Å². The summed E-state index contributed by atoms with van der Waals surface area (Å²) in [7, 11) is 0. The third kappa shape index (κ3) is 4.56. The molecule has 1 saturated heterocycles. The highest BCUT2D eigenvalue weighted by atomic mass is 19.3. The number of benzene rings is 1. The zero-order chi connectivity index (χ0) is 17.1. The van der Waals surface area contributed by atoms with E-state index < -0.39 is 6.61 Å². The average molecular weight is 340 g/mol. The molecule has 1 saturated carbocycles. The van der Waals surface area contributed by atoms with E-state index in [1.54, 1.807) is 12.1 Å². The molecule has 24 heavy (non-hydrogen) atoms. The van der Waals surface area contributed by atoms with Crippen molar-refractivity contribution in [2.45, 2.75) is 44.3 Å². The highest BCUT2D eigenvalue weighted by molar-refractivity contribution is 5.74. The predicted octanol–water partition coefficient (Wildman–Crippen LogP) is 2.40. The SMILES string of the molecule is NC(=O)C[C@@H]1CC(c2ccc(OC(F)F)c(OCC3CC3)c2)CN1. The third-order valence-corrected chi connectivity index (χ3v) is 4.50. The van der Waals surface area contributed by atoms with Gasteiger partial charge in [-0.1, -0.05) is 6.07 Å². The Kier molecular flexibility index (Phi) is 5.18. The van der Waals surface area contributed by atoms with Gasteiger partial charge in [0.1, 0.15) is 0 Å². The standard InChI is InChI=1S/C17H22F2N2O3/c18-17(19)24-14-4-3-11(6-15(14)23-9-10-1-2-10)12-5-13(21-8-12)7-16(20)22/h3-4,6,10,12-13,17,21H,1-2,5,7-9H2,(H2,20,22)/t12?,13-/m0/s1. The molecule has 1 aromatic rings. The highest BCUT2D eigenvalue weighted by Crippen LogP contribution is 2.37. The van der Waals surface area contributed by atoms with E-state index in [1.165, 1.54) is 6.07 Å². The molecule has 2 atom stereocenters. The molecule has 1 unspecified atom stereocenters. The number of carbonyl (C=O) groups is 1. The quantitative estimate of drug-likeness (QED) is 0.762. The van der Waals surface area contributed by atoms with E-state index in [1.807, 2.05) is 0 Å². The maximum atomic E-state index is 12.6. The number of primary amides is 1. The van der Waals surface area contributed by atoms with Crippen LogP contribution in [0.4, 0.5) is 8.78 Å². The van der Waals surface area contributed by atoms with E-state index in [-0.39, 0.29) is 23.6 Å². The summed E-state index contributed by atoms with van der Waals surface area (Å²) in [5.41, 5.74) is 6.22. The Balaban J connectivity index is 1.70. The van der Waals surface area contributed by atoms with Crippen LogP contribution in [0.3, 0.4) is 0 Å². The summed E-state index contributed by atoms with van der Waals surface area (Å²) in [6.45, 7) is -1.64. The van der Waals surface area contributed by atoms with E-state index in [2.05, 4.69) is 10.1 Å². The predicted molar refractivity (Wildman–Crippen MR) is 84.3 cm³/mol. The molecule has 1 aliphatic heterocycles. The lowest BCUT2D eigenvalue weighted by Crippen LogP contribution is -2.27. The van der Waals surface area contributed by atoms with Crippen LogP contribution >= 0.6 is 0 Å². The number of ether oxygens (including phenoxy) is 2. The van der Waals surface area contributed by atoms with E-state index in [0.29, 0.717) is 24.7 Å². The Bertz CT molecular complexity index is 593. The van der Waals surface area contributed by atoms with E-state index >= 15 is 0 Å². The first-order valence-corrected chi connectivity index (χ1v) is 8.24. The van der Waals surface area contributed by atoms with Gasteiger partial charge in [-0.25, -0.2) is 0 Å². The summed E-state index contributed by atoms with van der Waals surface area (Å²) in [4.78, 5) is 11.0. The molecule has 2 aliphatic rings. The summed E-state index contributed by atoms with van der Waals surface area (Å²) in [6.07, 6.45) is 3.31. The van der Waals surface area contributed by atoms with Crippen molar-refractivity contribution in [1.29, 1.82) is 0 Å². The number of amides is 1. The number of carbonyl (C=O) groups excluding carboxylic acids is 1. The summed E-state index contributed by atoms with van der Waals surface area (Å²) in [6, 6.07) is 5.14. The van der Waals surface area contributed by atoms with Gasteiger partial charge in [-0.05, 0) is 48.8 Å². The Morgan fingerprint density at radius 1 is 1.33 bits per heavy atom. The zero-order valence-electron chi connectivity index (χ0n) is 13.3. The number of hydrogen-bond donors (Lipinski definition) is 2. The normalized spacial score (nSPS) is 23.5. The maximum absolute atomic E-state index is 12.6. The van der Waals surface area contributed by atoms with Gasteiger partial charge in [-0.2, -0.15) is 8.78 Å². The number of nitrogens with two attached hydrogens (primary N) is 1. The average Bonchev–Trinajstić information content (AvgIpc) is 3.23. The molecule has 0 spiro atoms. The minimum absolute atomic E-state index is 0.0559. The van der Waals surface area contributed by atoms with Crippen molar-refractivity contribution in [3.05, 3.63) is 23.8 Å². The van der Waals surface area contributed by atoms with Gasteiger partial charge in [-0.3, -0.25) is 4.79 Å². The summed E-state index contributed by atoms with van der Waals surface area (Å²) >= 11 is 0. The summed E-state index contributed by atoms with van der Waals surface area (Å²) < 4.78 is 35.4.